The quantitative estimate of drug-likeness (QED) is 0.759. The van der Waals surface area contributed by atoms with Gasteiger partial charge in [0.15, 0.2) is 0 Å². The second-order valence-electron chi connectivity index (χ2n) is 6.79. The largest absolute Gasteiger partial charge is 0.465 e. The van der Waals surface area contributed by atoms with E-state index in [9.17, 15) is 9.59 Å². The van der Waals surface area contributed by atoms with Crippen molar-refractivity contribution < 1.29 is 19.1 Å². The minimum atomic E-state index is -0.432. The molecule has 7 nitrogen and oxygen atoms in total. The zero-order valence-corrected chi connectivity index (χ0v) is 15.8. The van der Waals surface area contributed by atoms with Crippen molar-refractivity contribution in [2.24, 2.45) is 5.92 Å². The first kappa shape index (κ1) is 19.5. The van der Waals surface area contributed by atoms with Gasteiger partial charge in [-0.2, -0.15) is 0 Å². The molecule has 1 fully saturated rings. The summed E-state index contributed by atoms with van der Waals surface area (Å²) in [6.07, 6.45) is 0. The molecule has 1 aromatic heterocycles. The van der Waals surface area contributed by atoms with Crippen LogP contribution < -0.4 is 5.32 Å². The van der Waals surface area contributed by atoms with Crippen LogP contribution in [0.2, 0.25) is 0 Å². The molecule has 0 bridgehead atoms. The lowest BCUT2D eigenvalue weighted by molar-refractivity contribution is 0.00671. The van der Waals surface area contributed by atoms with Gasteiger partial charge in [0.2, 0.25) is 0 Å². The van der Waals surface area contributed by atoms with Gasteiger partial charge in [-0.25, -0.2) is 4.79 Å². The highest BCUT2D eigenvalue weighted by atomic mass is 16.5. The van der Waals surface area contributed by atoms with E-state index in [0.29, 0.717) is 35.0 Å². The van der Waals surface area contributed by atoms with E-state index in [4.69, 9.17) is 9.47 Å². The molecule has 25 heavy (non-hydrogen) atoms. The van der Waals surface area contributed by atoms with Gasteiger partial charge in [-0.15, -0.1) is 0 Å². The van der Waals surface area contributed by atoms with Crippen LogP contribution in [0.5, 0.6) is 0 Å². The van der Waals surface area contributed by atoms with Gasteiger partial charge in [-0.1, -0.05) is 13.8 Å². The monoisotopic (exact) mass is 351 g/mol. The van der Waals surface area contributed by atoms with Crippen LogP contribution in [0.3, 0.4) is 0 Å². The number of aryl methyl sites for hydroxylation is 1. The fourth-order valence-electron chi connectivity index (χ4n) is 3.37. The molecule has 1 aromatic rings. The molecule has 1 amide bonds. The highest BCUT2D eigenvalue weighted by Gasteiger charge is 2.26. The number of nitrogens with zero attached hydrogens (tertiary/aromatic N) is 1. The van der Waals surface area contributed by atoms with Crippen molar-refractivity contribution in [3.05, 3.63) is 22.5 Å². The zero-order valence-electron chi connectivity index (χ0n) is 15.8. The Morgan fingerprint density at radius 3 is 2.48 bits per heavy atom. The summed E-state index contributed by atoms with van der Waals surface area (Å²) in [7, 11) is 1.34. The third-order valence-electron chi connectivity index (χ3n) is 4.81. The average molecular weight is 351 g/mol. The lowest BCUT2D eigenvalue weighted by atomic mass is 10.0. The Hall–Kier alpha value is -1.86. The molecule has 2 heterocycles. The van der Waals surface area contributed by atoms with E-state index in [2.05, 4.69) is 29.0 Å². The SMILES string of the molecule is COC(=O)c1c(C)[nH]c(C(=O)NC[C@H](C(C)C)N2CCOCC2)c1C. The molecule has 1 aliphatic heterocycles. The zero-order chi connectivity index (χ0) is 18.6. The van der Waals surface area contributed by atoms with E-state index in [-0.39, 0.29) is 11.9 Å². The van der Waals surface area contributed by atoms with Gasteiger partial charge in [0.05, 0.1) is 25.9 Å². The summed E-state index contributed by atoms with van der Waals surface area (Å²) in [6.45, 7) is 11.6. The first-order chi connectivity index (χ1) is 11.9. The molecule has 7 heteroatoms. The number of nitrogens with one attached hydrogen (secondary N) is 2. The van der Waals surface area contributed by atoms with Crippen molar-refractivity contribution in [3.63, 3.8) is 0 Å². The fraction of sp³-hybridized carbons (Fsp3) is 0.667. The second kappa shape index (κ2) is 8.49. The molecule has 0 unspecified atom stereocenters. The number of H-pyrrole nitrogens is 1. The smallest absolute Gasteiger partial charge is 0.339 e. The summed E-state index contributed by atoms with van der Waals surface area (Å²) < 4.78 is 10.2. The fourth-order valence-corrected chi connectivity index (χ4v) is 3.37. The van der Waals surface area contributed by atoms with Crippen molar-refractivity contribution in [1.29, 1.82) is 0 Å². The van der Waals surface area contributed by atoms with Gasteiger partial charge in [0, 0.05) is 31.4 Å². The number of amides is 1. The molecule has 0 radical (unpaired) electrons. The van der Waals surface area contributed by atoms with Crippen molar-refractivity contribution in [2.45, 2.75) is 33.7 Å². The molecule has 1 saturated heterocycles. The molecule has 140 valence electrons. The van der Waals surface area contributed by atoms with Crippen molar-refractivity contribution in [2.75, 3.05) is 40.0 Å². The number of carbonyl (C=O) groups excluding carboxylic acids is 2. The highest BCUT2D eigenvalue weighted by molar-refractivity contribution is 6.00. The number of carbonyl (C=O) groups is 2. The molecule has 0 spiro atoms. The van der Waals surface area contributed by atoms with Gasteiger partial charge in [0.1, 0.15) is 5.69 Å². The molecular weight excluding hydrogens is 322 g/mol. The van der Waals surface area contributed by atoms with E-state index in [1.54, 1.807) is 13.8 Å². The van der Waals surface area contributed by atoms with E-state index in [0.717, 1.165) is 26.3 Å². The Morgan fingerprint density at radius 1 is 1.28 bits per heavy atom. The van der Waals surface area contributed by atoms with Crippen LogP contribution in [-0.2, 0) is 9.47 Å². The number of esters is 1. The van der Waals surface area contributed by atoms with Gasteiger partial charge in [-0.3, -0.25) is 9.69 Å². The van der Waals surface area contributed by atoms with E-state index < -0.39 is 5.97 Å². The van der Waals surface area contributed by atoms with Crippen molar-refractivity contribution in [1.82, 2.24) is 15.2 Å². The van der Waals surface area contributed by atoms with Crippen LogP contribution in [0.25, 0.3) is 0 Å². The maximum atomic E-state index is 12.6. The molecular formula is C18H29N3O4. The second-order valence-corrected chi connectivity index (χ2v) is 6.79. The number of aromatic nitrogens is 1. The summed E-state index contributed by atoms with van der Waals surface area (Å²) in [5.41, 5.74) is 2.11. The van der Waals surface area contributed by atoms with Crippen LogP contribution in [-0.4, -0.2) is 67.8 Å². The average Bonchev–Trinajstić information content (AvgIpc) is 2.89. The Kier molecular flexibility index (Phi) is 6.61. The van der Waals surface area contributed by atoms with Gasteiger partial charge < -0.3 is 19.8 Å². The molecule has 1 atom stereocenters. The van der Waals surface area contributed by atoms with Gasteiger partial charge in [0.25, 0.3) is 5.91 Å². The molecule has 1 aliphatic rings. The lowest BCUT2D eigenvalue weighted by Crippen LogP contribution is -2.51. The normalized spacial score (nSPS) is 16.7. The number of ether oxygens (including phenoxy) is 2. The summed E-state index contributed by atoms with van der Waals surface area (Å²) in [5, 5.41) is 3.01. The molecule has 0 aromatic carbocycles. The summed E-state index contributed by atoms with van der Waals surface area (Å²) in [4.78, 5) is 29.9. The van der Waals surface area contributed by atoms with Crippen molar-refractivity contribution in [3.8, 4) is 0 Å². The Bertz CT molecular complexity index is 618. The molecule has 2 rings (SSSR count). The number of aromatic amines is 1. The number of methoxy groups -OCH3 is 1. The minimum Gasteiger partial charge on any atom is -0.465 e. The maximum absolute atomic E-state index is 12.6. The number of hydrogen-bond acceptors (Lipinski definition) is 5. The molecule has 0 aliphatic carbocycles. The maximum Gasteiger partial charge on any atom is 0.339 e. The van der Waals surface area contributed by atoms with Crippen LogP contribution in [0.4, 0.5) is 0 Å². The van der Waals surface area contributed by atoms with Crippen molar-refractivity contribution >= 4 is 11.9 Å². The number of hydrogen-bond donors (Lipinski definition) is 2. The van der Waals surface area contributed by atoms with Crippen LogP contribution in [0.1, 0.15) is 46.0 Å². The first-order valence-corrected chi connectivity index (χ1v) is 8.74. The van der Waals surface area contributed by atoms with Gasteiger partial charge in [-0.05, 0) is 25.3 Å². The summed E-state index contributed by atoms with van der Waals surface area (Å²) >= 11 is 0. The summed E-state index contributed by atoms with van der Waals surface area (Å²) in [5.74, 6) is -0.219. The van der Waals surface area contributed by atoms with Crippen LogP contribution in [0.15, 0.2) is 0 Å². The number of rotatable bonds is 6. The minimum absolute atomic E-state index is 0.199. The Labute approximate surface area is 149 Å². The van der Waals surface area contributed by atoms with E-state index >= 15 is 0 Å². The van der Waals surface area contributed by atoms with Crippen LogP contribution in [0, 0.1) is 19.8 Å². The highest BCUT2D eigenvalue weighted by Crippen LogP contribution is 2.19. The Morgan fingerprint density at radius 2 is 1.92 bits per heavy atom. The predicted octanol–water partition coefficient (Wildman–Crippen LogP) is 1.50. The van der Waals surface area contributed by atoms with E-state index in [1.165, 1.54) is 7.11 Å². The van der Waals surface area contributed by atoms with Crippen LogP contribution >= 0.6 is 0 Å². The standard InChI is InChI=1S/C18H29N3O4/c1-11(2)14(21-6-8-25-9-7-21)10-19-17(22)16-12(3)15(13(4)20-16)18(23)24-5/h11,14,20H,6-10H2,1-5H3,(H,19,22)/t14-/m1/s1. The summed E-state index contributed by atoms with van der Waals surface area (Å²) in [6, 6.07) is 0.254. The molecule has 0 saturated carbocycles. The van der Waals surface area contributed by atoms with E-state index in [1.807, 2.05) is 0 Å². The first-order valence-electron chi connectivity index (χ1n) is 8.74. The third kappa shape index (κ3) is 4.41. The third-order valence-corrected chi connectivity index (χ3v) is 4.81. The lowest BCUT2D eigenvalue weighted by Gasteiger charge is -2.36. The topological polar surface area (TPSA) is 83.7 Å². The predicted molar refractivity (Wildman–Crippen MR) is 95.0 cm³/mol. The van der Waals surface area contributed by atoms with Gasteiger partial charge >= 0.3 is 5.97 Å². The molecule has 2 N–H and O–H groups in total. The Balaban J connectivity index is 2.07. The number of morpholine rings is 1.